The van der Waals surface area contributed by atoms with E-state index < -0.39 is 10.8 Å². The van der Waals surface area contributed by atoms with Gasteiger partial charge in [-0.2, -0.15) is 0 Å². The first-order valence-corrected chi connectivity index (χ1v) is 7.69. The molecule has 7 nitrogen and oxygen atoms in total. The summed E-state index contributed by atoms with van der Waals surface area (Å²) < 4.78 is 0. The molecule has 0 spiro atoms. The van der Waals surface area contributed by atoms with Crippen LogP contribution in [0.5, 0.6) is 0 Å². The molecular formula is C18H19N3O4. The van der Waals surface area contributed by atoms with E-state index in [1.807, 2.05) is 32.0 Å². The average molecular weight is 341 g/mol. The Labute approximate surface area is 145 Å². The van der Waals surface area contributed by atoms with Crippen molar-refractivity contribution in [1.82, 2.24) is 5.32 Å². The van der Waals surface area contributed by atoms with Gasteiger partial charge < -0.3 is 10.6 Å². The van der Waals surface area contributed by atoms with Gasteiger partial charge in [0.15, 0.2) is 0 Å². The van der Waals surface area contributed by atoms with Gasteiger partial charge in [-0.05, 0) is 38.0 Å². The van der Waals surface area contributed by atoms with Gasteiger partial charge in [-0.1, -0.05) is 24.3 Å². The van der Waals surface area contributed by atoms with E-state index in [0.29, 0.717) is 5.69 Å². The lowest BCUT2D eigenvalue weighted by Crippen LogP contribution is -2.33. The van der Waals surface area contributed by atoms with Gasteiger partial charge in [0.25, 0.3) is 11.6 Å². The monoisotopic (exact) mass is 341 g/mol. The third-order valence-corrected chi connectivity index (χ3v) is 3.90. The van der Waals surface area contributed by atoms with E-state index in [-0.39, 0.29) is 29.3 Å². The van der Waals surface area contributed by atoms with E-state index in [9.17, 15) is 19.7 Å². The second-order valence-corrected chi connectivity index (χ2v) is 5.70. The molecule has 2 N–H and O–H groups in total. The van der Waals surface area contributed by atoms with Gasteiger partial charge in [-0.3, -0.25) is 19.7 Å². The summed E-state index contributed by atoms with van der Waals surface area (Å²) in [6.07, 6.45) is 0. The minimum atomic E-state index is -0.542. The van der Waals surface area contributed by atoms with Crippen LogP contribution in [0.25, 0.3) is 0 Å². The number of anilines is 1. The van der Waals surface area contributed by atoms with Crippen LogP contribution in [-0.2, 0) is 4.79 Å². The molecule has 0 bridgehead atoms. The van der Waals surface area contributed by atoms with Crippen molar-refractivity contribution in [3.63, 3.8) is 0 Å². The molecule has 0 aliphatic rings. The Kier molecular flexibility index (Phi) is 5.49. The lowest BCUT2D eigenvalue weighted by Gasteiger charge is -2.12. The first-order chi connectivity index (χ1) is 11.8. The zero-order valence-electron chi connectivity index (χ0n) is 14.3. The molecule has 0 unspecified atom stereocenters. The van der Waals surface area contributed by atoms with Crippen molar-refractivity contribution in [3.8, 4) is 0 Å². The Morgan fingerprint density at radius 3 is 2.24 bits per heavy atom. The number of nitrogens with one attached hydrogen (secondary N) is 2. The second kappa shape index (κ2) is 7.57. The summed E-state index contributed by atoms with van der Waals surface area (Å²) in [6, 6.07) is 9.92. The minimum absolute atomic E-state index is 0.132. The fraction of sp³-hybridized carbons (Fsp3) is 0.222. The van der Waals surface area contributed by atoms with Crippen molar-refractivity contribution in [2.45, 2.75) is 20.8 Å². The Balaban J connectivity index is 2.04. The highest BCUT2D eigenvalue weighted by Crippen LogP contribution is 2.21. The second-order valence-electron chi connectivity index (χ2n) is 5.70. The normalized spacial score (nSPS) is 10.2. The molecule has 0 saturated heterocycles. The number of nitro groups is 1. The van der Waals surface area contributed by atoms with Crippen LogP contribution in [0.15, 0.2) is 36.4 Å². The Morgan fingerprint density at radius 2 is 1.64 bits per heavy atom. The average Bonchev–Trinajstić information content (AvgIpc) is 2.56. The molecule has 2 amide bonds. The third-order valence-electron chi connectivity index (χ3n) is 3.90. The maximum atomic E-state index is 12.2. The van der Waals surface area contributed by atoms with Crippen molar-refractivity contribution in [3.05, 3.63) is 68.8 Å². The van der Waals surface area contributed by atoms with Gasteiger partial charge >= 0.3 is 0 Å². The van der Waals surface area contributed by atoms with E-state index in [2.05, 4.69) is 10.6 Å². The van der Waals surface area contributed by atoms with Gasteiger partial charge in [0, 0.05) is 22.9 Å². The highest BCUT2D eigenvalue weighted by molar-refractivity contribution is 6.01. The largest absolute Gasteiger partial charge is 0.343 e. The van der Waals surface area contributed by atoms with Crippen LogP contribution in [0, 0.1) is 30.9 Å². The molecule has 0 fully saturated rings. The zero-order chi connectivity index (χ0) is 18.6. The van der Waals surface area contributed by atoms with Gasteiger partial charge in [0.2, 0.25) is 5.91 Å². The number of amides is 2. The molecule has 130 valence electrons. The topological polar surface area (TPSA) is 101 Å². The Morgan fingerprint density at radius 1 is 1.04 bits per heavy atom. The molecule has 0 radical (unpaired) electrons. The number of carbonyl (C=O) groups is 2. The summed E-state index contributed by atoms with van der Waals surface area (Å²) in [5, 5.41) is 16.2. The molecule has 7 heteroatoms. The first-order valence-electron chi connectivity index (χ1n) is 7.69. The third kappa shape index (κ3) is 4.20. The molecule has 0 heterocycles. The highest BCUT2D eigenvalue weighted by atomic mass is 16.6. The molecule has 2 rings (SSSR count). The van der Waals surface area contributed by atoms with E-state index in [1.54, 1.807) is 0 Å². The molecule has 0 saturated carbocycles. The summed E-state index contributed by atoms with van der Waals surface area (Å²) >= 11 is 0. The van der Waals surface area contributed by atoms with Crippen LogP contribution in [0.3, 0.4) is 0 Å². The summed E-state index contributed by atoms with van der Waals surface area (Å²) in [4.78, 5) is 34.7. The summed E-state index contributed by atoms with van der Waals surface area (Å²) in [5.41, 5.74) is 2.87. The van der Waals surface area contributed by atoms with Crippen LogP contribution in [0.4, 0.5) is 11.4 Å². The molecule has 0 atom stereocenters. The van der Waals surface area contributed by atoms with Crippen molar-refractivity contribution in [2.24, 2.45) is 0 Å². The van der Waals surface area contributed by atoms with Crippen molar-refractivity contribution < 1.29 is 14.5 Å². The molecule has 0 aliphatic heterocycles. The van der Waals surface area contributed by atoms with E-state index in [0.717, 1.165) is 11.1 Å². The van der Waals surface area contributed by atoms with Crippen LogP contribution in [0.1, 0.15) is 27.0 Å². The number of nitrogens with zero attached hydrogens (tertiary/aromatic N) is 1. The highest BCUT2D eigenvalue weighted by Gasteiger charge is 2.18. The predicted molar refractivity (Wildman–Crippen MR) is 94.7 cm³/mol. The van der Waals surface area contributed by atoms with Crippen molar-refractivity contribution in [2.75, 3.05) is 11.9 Å². The fourth-order valence-electron chi connectivity index (χ4n) is 2.52. The molecule has 2 aromatic carbocycles. The van der Waals surface area contributed by atoms with E-state index in [1.165, 1.54) is 25.1 Å². The fourth-order valence-corrected chi connectivity index (χ4v) is 2.52. The lowest BCUT2D eigenvalue weighted by molar-refractivity contribution is -0.385. The van der Waals surface area contributed by atoms with Gasteiger partial charge in [-0.15, -0.1) is 0 Å². The molecule has 2 aromatic rings. The summed E-state index contributed by atoms with van der Waals surface area (Å²) in [5.74, 6) is -0.897. The number of hydrogen-bond acceptors (Lipinski definition) is 4. The van der Waals surface area contributed by atoms with Gasteiger partial charge in [-0.25, -0.2) is 0 Å². The number of carbonyl (C=O) groups excluding carboxylic acids is 2. The smallest absolute Gasteiger partial charge is 0.273 e. The number of nitro benzene ring substituents is 1. The summed E-state index contributed by atoms with van der Waals surface area (Å²) in [6.45, 7) is 5.04. The standard InChI is InChI=1S/C18H19N3O4/c1-11-6-4-7-12(2)17(11)20-16(22)10-19-18(23)14-8-5-9-15(13(14)3)21(24)25/h4-9H,10H2,1-3H3,(H,19,23)(H,20,22). The summed E-state index contributed by atoms with van der Waals surface area (Å²) in [7, 11) is 0. The van der Waals surface area contributed by atoms with Crippen LogP contribution < -0.4 is 10.6 Å². The Hall–Kier alpha value is -3.22. The van der Waals surface area contributed by atoms with Crippen LogP contribution >= 0.6 is 0 Å². The van der Waals surface area contributed by atoms with Crippen LogP contribution in [-0.4, -0.2) is 23.3 Å². The maximum absolute atomic E-state index is 12.2. The first kappa shape index (κ1) is 18.1. The number of aryl methyl sites for hydroxylation is 2. The SMILES string of the molecule is Cc1cccc(C)c1NC(=O)CNC(=O)c1cccc([N+](=O)[O-])c1C. The molecular weight excluding hydrogens is 322 g/mol. The number of hydrogen-bond donors (Lipinski definition) is 2. The van der Waals surface area contributed by atoms with Crippen molar-refractivity contribution in [1.29, 1.82) is 0 Å². The van der Waals surface area contributed by atoms with Crippen LogP contribution in [0.2, 0.25) is 0 Å². The van der Waals surface area contributed by atoms with E-state index in [4.69, 9.17) is 0 Å². The minimum Gasteiger partial charge on any atom is -0.343 e. The molecule has 0 aromatic heterocycles. The molecule has 0 aliphatic carbocycles. The quantitative estimate of drug-likeness (QED) is 0.645. The predicted octanol–water partition coefficient (Wildman–Crippen LogP) is 2.89. The molecule has 25 heavy (non-hydrogen) atoms. The van der Waals surface area contributed by atoms with Gasteiger partial charge in [0.05, 0.1) is 11.5 Å². The Bertz CT molecular complexity index is 826. The lowest BCUT2D eigenvalue weighted by atomic mass is 10.1. The van der Waals surface area contributed by atoms with Crippen molar-refractivity contribution >= 4 is 23.2 Å². The number of benzene rings is 2. The number of rotatable bonds is 5. The maximum Gasteiger partial charge on any atom is 0.273 e. The van der Waals surface area contributed by atoms with Gasteiger partial charge in [0.1, 0.15) is 0 Å². The van der Waals surface area contributed by atoms with E-state index >= 15 is 0 Å². The number of para-hydroxylation sites is 1. The zero-order valence-corrected chi connectivity index (χ0v) is 14.3.